The van der Waals surface area contributed by atoms with E-state index in [0.717, 1.165) is 11.3 Å². The van der Waals surface area contributed by atoms with Crippen molar-refractivity contribution in [2.24, 2.45) is 5.84 Å². The van der Waals surface area contributed by atoms with Gasteiger partial charge in [0.25, 0.3) is 5.91 Å². The first-order valence-electron chi connectivity index (χ1n) is 5.33. The number of hydrazine groups is 1. The number of carbonyl (C=O) groups excluding carboxylic acids is 1. The van der Waals surface area contributed by atoms with Crippen LogP contribution in [0.25, 0.3) is 0 Å². The van der Waals surface area contributed by atoms with Gasteiger partial charge in [-0.2, -0.15) is 12.6 Å². The highest BCUT2D eigenvalue weighted by atomic mass is 32.1. The molecule has 6 heteroatoms. The van der Waals surface area contributed by atoms with Crippen LogP contribution in [0.15, 0.2) is 24.3 Å². The van der Waals surface area contributed by atoms with Crippen LogP contribution in [0.4, 0.5) is 5.69 Å². The maximum Gasteiger partial charge on any atom is 0.251 e. The van der Waals surface area contributed by atoms with Gasteiger partial charge in [0, 0.05) is 25.0 Å². The number of rotatable bonds is 6. The third-order valence-electron chi connectivity index (χ3n) is 2.47. The van der Waals surface area contributed by atoms with Gasteiger partial charge < -0.3 is 10.6 Å². The smallest absolute Gasteiger partial charge is 0.251 e. The van der Waals surface area contributed by atoms with E-state index in [9.17, 15) is 4.79 Å². The van der Waals surface area contributed by atoms with Crippen molar-refractivity contribution >= 4 is 24.2 Å². The Balaban J connectivity index is 2.62. The Morgan fingerprint density at radius 2 is 2.18 bits per heavy atom. The third kappa shape index (κ3) is 3.92. The fraction of sp³-hybridized carbons (Fsp3) is 0.364. The highest BCUT2D eigenvalue weighted by molar-refractivity contribution is 7.80. The van der Waals surface area contributed by atoms with Crippen LogP contribution in [-0.2, 0) is 11.3 Å². The van der Waals surface area contributed by atoms with E-state index < -0.39 is 6.04 Å². The first-order chi connectivity index (χ1) is 8.22. The van der Waals surface area contributed by atoms with Crippen LogP contribution in [0.1, 0.15) is 5.56 Å². The van der Waals surface area contributed by atoms with E-state index in [4.69, 9.17) is 5.84 Å². The molecule has 0 fully saturated rings. The van der Waals surface area contributed by atoms with E-state index in [0.29, 0.717) is 12.3 Å². The van der Waals surface area contributed by atoms with E-state index in [-0.39, 0.29) is 5.91 Å². The van der Waals surface area contributed by atoms with Gasteiger partial charge in [-0.05, 0) is 11.6 Å². The molecule has 1 unspecified atom stereocenters. The standard InChI is InChI=1S/C11H18N4OS/c1-13-9-5-3-2-4-8(9)6-14-10(7-17)11(16)15-12/h2-5,10,13-14,17H,6-7,12H2,1H3,(H,15,16). The lowest BCUT2D eigenvalue weighted by atomic mass is 10.1. The second-order valence-electron chi connectivity index (χ2n) is 3.53. The number of anilines is 1. The fourth-order valence-corrected chi connectivity index (χ4v) is 1.79. The summed E-state index contributed by atoms with van der Waals surface area (Å²) in [6, 6.07) is 7.49. The van der Waals surface area contributed by atoms with E-state index in [1.807, 2.05) is 31.3 Å². The maximum absolute atomic E-state index is 11.4. The van der Waals surface area contributed by atoms with Gasteiger partial charge in [0.2, 0.25) is 0 Å². The molecule has 0 aliphatic rings. The van der Waals surface area contributed by atoms with E-state index in [1.165, 1.54) is 0 Å². The molecular weight excluding hydrogens is 236 g/mol. The van der Waals surface area contributed by atoms with Crippen molar-refractivity contribution in [1.82, 2.24) is 10.7 Å². The summed E-state index contributed by atoms with van der Waals surface area (Å²) in [7, 11) is 1.86. The van der Waals surface area contributed by atoms with E-state index in [1.54, 1.807) is 0 Å². The van der Waals surface area contributed by atoms with Crippen LogP contribution in [0.3, 0.4) is 0 Å². The molecule has 5 nitrogen and oxygen atoms in total. The van der Waals surface area contributed by atoms with Crippen molar-refractivity contribution in [3.05, 3.63) is 29.8 Å². The highest BCUT2D eigenvalue weighted by Gasteiger charge is 2.14. The van der Waals surface area contributed by atoms with Gasteiger partial charge in [0.15, 0.2) is 0 Å². The van der Waals surface area contributed by atoms with Crippen LogP contribution in [0.5, 0.6) is 0 Å². The average Bonchev–Trinajstić information content (AvgIpc) is 2.39. The van der Waals surface area contributed by atoms with Gasteiger partial charge in [-0.3, -0.25) is 10.2 Å². The van der Waals surface area contributed by atoms with Crippen LogP contribution in [0.2, 0.25) is 0 Å². The molecule has 17 heavy (non-hydrogen) atoms. The van der Waals surface area contributed by atoms with Crippen molar-refractivity contribution in [1.29, 1.82) is 0 Å². The topological polar surface area (TPSA) is 79.2 Å². The Morgan fingerprint density at radius 1 is 1.47 bits per heavy atom. The third-order valence-corrected chi connectivity index (χ3v) is 2.83. The van der Waals surface area contributed by atoms with Gasteiger partial charge >= 0.3 is 0 Å². The minimum absolute atomic E-state index is 0.262. The Hall–Kier alpha value is -1.24. The predicted octanol–water partition coefficient (Wildman–Crippen LogP) is 0.106. The minimum Gasteiger partial charge on any atom is -0.388 e. The summed E-state index contributed by atoms with van der Waals surface area (Å²) in [6.07, 6.45) is 0. The zero-order valence-corrected chi connectivity index (χ0v) is 10.6. The van der Waals surface area contributed by atoms with Gasteiger partial charge in [-0.15, -0.1) is 0 Å². The molecule has 0 heterocycles. The van der Waals surface area contributed by atoms with Crippen molar-refractivity contribution in [2.45, 2.75) is 12.6 Å². The Labute approximate surface area is 107 Å². The van der Waals surface area contributed by atoms with Crippen molar-refractivity contribution in [3.8, 4) is 0 Å². The SMILES string of the molecule is CNc1ccccc1CNC(CS)C(=O)NN. The summed E-state index contributed by atoms with van der Waals surface area (Å²) in [6.45, 7) is 0.579. The molecule has 0 bridgehead atoms. The first kappa shape index (κ1) is 13.8. The van der Waals surface area contributed by atoms with Crippen molar-refractivity contribution < 1.29 is 4.79 Å². The molecule has 0 aliphatic carbocycles. The monoisotopic (exact) mass is 254 g/mol. The van der Waals surface area contributed by atoms with E-state index >= 15 is 0 Å². The van der Waals surface area contributed by atoms with Crippen LogP contribution < -0.4 is 21.9 Å². The summed E-state index contributed by atoms with van der Waals surface area (Å²) in [5.41, 5.74) is 4.24. The quantitative estimate of drug-likeness (QED) is 0.216. The number of thiol groups is 1. The number of amides is 1. The predicted molar refractivity (Wildman–Crippen MR) is 72.8 cm³/mol. The van der Waals surface area contributed by atoms with Crippen LogP contribution in [0, 0.1) is 0 Å². The van der Waals surface area contributed by atoms with Gasteiger partial charge in [-0.25, -0.2) is 5.84 Å². The number of carbonyl (C=O) groups is 1. The molecule has 1 amide bonds. The van der Waals surface area contributed by atoms with Crippen molar-refractivity contribution in [2.75, 3.05) is 18.1 Å². The Morgan fingerprint density at radius 3 is 2.76 bits per heavy atom. The number of nitrogens with two attached hydrogens (primary N) is 1. The molecule has 94 valence electrons. The normalized spacial score (nSPS) is 11.9. The van der Waals surface area contributed by atoms with Gasteiger partial charge in [0.05, 0.1) is 6.04 Å². The lowest BCUT2D eigenvalue weighted by Crippen LogP contribution is -2.47. The molecular formula is C11H18N4OS. The molecule has 0 aromatic heterocycles. The number of hydrogen-bond donors (Lipinski definition) is 5. The van der Waals surface area contributed by atoms with Gasteiger partial charge in [0.1, 0.15) is 0 Å². The second-order valence-corrected chi connectivity index (χ2v) is 3.90. The highest BCUT2D eigenvalue weighted by Crippen LogP contribution is 2.13. The number of benzene rings is 1. The number of hydrogen-bond acceptors (Lipinski definition) is 5. The Kier molecular flexibility index (Phi) is 5.82. The molecule has 1 atom stereocenters. The summed E-state index contributed by atoms with van der Waals surface area (Å²) in [5, 5.41) is 6.20. The average molecular weight is 254 g/mol. The molecule has 1 aromatic rings. The summed E-state index contributed by atoms with van der Waals surface area (Å²) >= 11 is 4.11. The molecule has 1 aromatic carbocycles. The lowest BCUT2D eigenvalue weighted by Gasteiger charge is -2.16. The zero-order valence-electron chi connectivity index (χ0n) is 9.73. The molecule has 0 spiro atoms. The van der Waals surface area contributed by atoms with E-state index in [2.05, 4.69) is 28.7 Å². The second kappa shape index (κ2) is 7.16. The zero-order chi connectivity index (χ0) is 12.7. The molecule has 0 radical (unpaired) electrons. The van der Waals surface area contributed by atoms with Crippen LogP contribution in [-0.4, -0.2) is 24.7 Å². The largest absolute Gasteiger partial charge is 0.388 e. The molecule has 1 rings (SSSR count). The molecule has 0 saturated heterocycles. The molecule has 0 saturated carbocycles. The maximum atomic E-state index is 11.4. The molecule has 0 aliphatic heterocycles. The number of nitrogens with one attached hydrogen (secondary N) is 3. The minimum atomic E-state index is -0.395. The number of para-hydroxylation sites is 1. The fourth-order valence-electron chi connectivity index (χ4n) is 1.49. The summed E-state index contributed by atoms with van der Waals surface area (Å²) in [5.74, 6) is 5.22. The molecule has 5 N–H and O–H groups in total. The van der Waals surface area contributed by atoms with Gasteiger partial charge in [-0.1, -0.05) is 18.2 Å². The summed E-state index contributed by atoms with van der Waals surface area (Å²) in [4.78, 5) is 11.4. The first-order valence-corrected chi connectivity index (χ1v) is 5.96. The summed E-state index contributed by atoms with van der Waals surface area (Å²) < 4.78 is 0. The van der Waals surface area contributed by atoms with Crippen molar-refractivity contribution in [3.63, 3.8) is 0 Å². The lowest BCUT2D eigenvalue weighted by molar-refractivity contribution is -0.122. The Bertz CT molecular complexity index is 372. The van der Waals surface area contributed by atoms with Crippen LogP contribution >= 0.6 is 12.6 Å².